The van der Waals surface area contributed by atoms with Crippen LogP contribution in [0.5, 0.6) is 0 Å². The molecule has 2 aliphatic carbocycles. The fraction of sp³-hybridized carbons (Fsp3) is 0.571. The Morgan fingerprint density at radius 1 is 1.29 bits per heavy atom. The quantitative estimate of drug-likeness (QED) is 0.788. The lowest BCUT2D eigenvalue weighted by Crippen LogP contribution is -2.34. The van der Waals surface area contributed by atoms with Crippen LogP contribution in [0.3, 0.4) is 0 Å². The summed E-state index contributed by atoms with van der Waals surface area (Å²) in [5, 5.41) is 3.86. The zero-order chi connectivity index (χ0) is 11.7. The van der Waals surface area contributed by atoms with Gasteiger partial charge in [0.2, 0.25) is 0 Å². The first-order valence-corrected chi connectivity index (χ1v) is 8.13. The topological polar surface area (TPSA) is 12.0 Å². The van der Waals surface area contributed by atoms with E-state index in [1.807, 2.05) is 11.3 Å². The number of hydrogen-bond donors (Lipinski definition) is 1. The molecule has 1 nitrogen and oxygen atoms in total. The lowest BCUT2D eigenvalue weighted by molar-refractivity contribution is 0.378. The minimum atomic E-state index is 0.595. The highest BCUT2D eigenvalue weighted by Gasteiger charge is 2.24. The normalized spacial score (nSPS) is 28.1. The first-order chi connectivity index (χ1) is 8.33. The average molecular weight is 312 g/mol. The number of nitrogens with one attached hydrogen (secondary N) is 1. The molecule has 2 atom stereocenters. The van der Waals surface area contributed by atoms with Crippen LogP contribution >= 0.6 is 27.3 Å². The maximum Gasteiger partial charge on any atom is 0.0704 e. The third-order valence-corrected chi connectivity index (χ3v) is 5.50. The van der Waals surface area contributed by atoms with Gasteiger partial charge in [-0.15, -0.1) is 11.3 Å². The molecule has 0 saturated heterocycles. The van der Waals surface area contributed by atoms with Crippen molar-refractivity contribution in [2.75, 3.05) is 0 Å². The number of fused-ring (bicyclic) bond motifs is 1. The van der Waals surface area contributed by atoms with Gasteiger partial charge < -0.3 is 5.32 Å². The molecule has 0 aromatic carbocycles. The summed E-state index contributed by atoms with van der Waals surface area (Å²) < 4.78 is 1.29. The summed E-state index contributed by atoms with van der Waals surface area (Å²) in [5.74, 6) is 0. The van der Waals surface area contributed by atoms with Crippen molar-refractivity contribution >= 4 is 27.3 Å². The molecule has 1 heterocycles. The summed E-state index contributed by atoms with van der Waals surface area (Å²) in [5.41, 5.74) is 1.56. The maximum atomic E-state index is 3.86. The Labute approximate surface area is 115 Å². The monoisotopic (exact) mass is 311 g/mol. The van der Waals surface area contributed by atoms with E-state index < -0.39 is 0 Å². The number of thiophene rings is 1. The van der Waals surface area contributed by atoms with E-state index >= 15 is 0 Å². The molecule has 0 aliphatic heterocycles. The molecular formula is C14H18BrNS. The summed E-state index contributed by atoms with van der Waals surface area (Å²) in [7, 11) is 0. The highest BCUT2D eigenvalue weighted by Crippen LogP contribution is 2.38. The molecule has 0 spiro atoms. The number of hydrogen-bond acceptors (Lipinski definition) is 2. The summed E-state index contributed by atoms with van der Waals surface area (Å²) in [6.07, 6.45) is 12.3. The van der Waals surface area contributed by atoms with Crippen LogP contribution in [0.25, 0.3) is 0 Å². The highest BCUT2D eigenvalue weighted by molar-refractivity contribution is 9.11. The molecule has 0 fully saturated rings. The van der Waals surface area contributed by atoms with E-state index in [0.717, 1.165) is 0 Å². The van der Waals surface area contributed by atoms with Gasteiger partial charge in [0.25, 0.3) is 0 Å². The Hall–Kier alpha value is -0.120. The van der Waals surface area contributed by atoms with Crippen LogP contribution in [-0.2, 0) is 6.42 Å². The molecule has 1 aromatic rings. The van der Waals surface area contributed by atoms with Gasteiger partial charge in [-0.2, -0.15) is 0 Å². The molecule has 0 amide bonds. The first kappa shape index (κ1) is 11.9. The predicted molar refractivity (Wildman–Crippen MR) is 77.6 cm³/mol. The third-order valence-electron chi connectivity index (χ3n) is 3.79. The average Bonchev–Trinajstić information content (AvgIpc) is 2.72. The number of aryl methyl sites for hydroxylation is 1. The third kappa shape index (κ3) is 2.67. The Morgan fingerprint density at radius 3 is 3.06 bits per heavy atom. The zero-order valence-corrected chi connectivity index (χ0v) is 12.3. The van der Waals surface area contributed by atoms with Crippen molar-refractivity contribution in [3.63, 3.8) is 0 Å². The van der Waals surface area contributed by atoms with Crippen LogP contribution in [0.1, 0.15) is 48.6 Å². The Kier molecular flexibility index (Phi) is 3.69. The molecule has 0 radical (unpaired) electrons. The van der Waals surface area contributed by atoms with E-state index in [1.54, 1.807) is 10.4 Å². The van der Waals surface area contributed by atoms with Gasteiger partial charge in [0.1, 0.15) is 0 Å². The maximum absolute atomic E-state index is 3.86. The van der Waals surface area contributed by atoms with Crippen molar-refractivity contribution in [3.8, 4) is 0 Å². The first-order valence-electron chi connectivity index (χ1n) is 6.52. The standard InChI is InChI=1S/C14H18BrNS/c15-14-9-11-12(7-4-8-13(11)17-14)16-10-5-2-1-3-6-10/h1-2,9-10,12,16H,3-8H2. The number of rotatable bonds is 2. The summed E-state index contributed by atoms with van der Waals surface area (Å²) in [4.78, 5) is 1.59. The van der Waals surface area contributed by atoms with Gasteiger partial charge in [0.05, 0.1) is 3.79 Å². The van der Waals surface area contributed by atoms with E-state index in [0.29, 0.717) is 12.1 Å². The van der Waals surface area contributed by atoms with Crippen LogP contribution in [0.15, 0.2) is 22.0 Å². The largest absolute Gasteiger partial charge is 0.307 e. The van der Waals surface area contributed by atoms with Crippen molar-refractivity contribution in [2.24, 2.45) is 0 Å². The Morgan fingerprint density at radius 2 is 2.24 bits per heavy atom. The van der Waals surface area contributed by atoms with Crippen molar-refractivity contribution in [1.29, 1.82) is 0 Å². The van der Waals surface area contributed by atoms with Crippen LogP contribution in [-0.4, -0.2) is 6.04 Å². The fourth-order valence-electron chi connectivity index (χ4n) is 2.92. The van der Waals surface area contributed by atoms with Gasteiger partial charge in [0, 0.05) is 17.0 Å². The van der Waals surface area contributed by atoms with Crippen LogP contribution in [0.2, 0.25) is 0 Å². The van der Waals surface area contributed by atoms with Crippen molar-refractivity contribution in [1.82, 2.24) is 5.32 Å². The molecule has 3 rings (SSSR count). The Bertz CT molecular complexity index is 424. The van der Waals surface area contributed by atoms with Crippen LogP contribution in [0, 0.1) is 0 Å². The van der Waals surface area contributed by atoms with Crippen molar-refractivity contribution in [2.45, 2.75) is 50.6 Å². The summed E-state index contributed by atoms with van der Waals surface area (Å²) in [6.45, 7) is 0. The molecule has 2 unspecified atom stereocenters. The van der Waals surface area contributed by atoms with E-state index in [1.165, 1.54) is 42.3 Å². The fourth-order valence-corrected chi connectivity index (χ4v) is 4.74. The molecule has 92 valence electrons. The molecule has 3 heteroatoms. The zero-order valence-electron chi connectivity index (χ0n) is 9.92. The van der Waals surface area contributed by atoms with Gasteiger partial charge in [0.15, 0.2) is 0 Å². The molecule has 1 N–H and O–H groups in total. The molecule has 1 aromatic heterocycles. The second-order valence-corrected chi connectivity index (χ2v) is 7.54. The number of allylic oxidation sites excluding steroid dienone is 1. The smallest absolute Gasteiger partial charge is 0.0704 e. The van der Waals surface area contributed by atoms with Gasteiger partial charge in [-0.25, -0.2) is 0 Å². The molecule has 2 aliphatic rings. The van der Waals surface area contributed by atoms with E-state index in [4.69, 9.17) is 0 Å². The van der Waals surface area contributed by atoms with Gasteiger partial charge >= 0.3 is 0 Å². The Balaban J connectivity index is 1.73. The van der Waals surface area contributed by atoms with Crippen molar-refractivity contribution < 1.29 is 0 Å². The van der Waals surface area contributed by atoms with Gasteiger partial charge in [-0.05, 0) is 66.1 Å². The molecule has 0 bridgehead atoms. The molecular weight excluding hydrogens is 294 g/mol. The lowest BCUT2D eigenvalue weighted by Gasteiger charge is -2.29. The second kappa shape index (κ2) is 5.25. The van der Waals surface area contributed by atoms with E-state index in [-0.39, 0.29) is 0 Å². The SMILES string of the molecule is Brc1cc2c(s1)CCCC2NC1CC=CCC1. The summed E-state index contributed by atoms with van der Waals surface area (Å²) in [6, 6.07) is 3.61. The second-order valence-electron chi connectivity index (χ2n) is 5.02. The van der Waals surface area contributed by atoms with Crippen LogP contribution < -0.4 is 5.32 Å². The molecule has 0 saturated carbocycles. The minimum Gasteiger partial charge on any atom is -0.307 e. The van der Waals surface area contributed by atoms with E-state index in [2.05, 4.69) is 39.5 Å². The van der Waals surface area contributed by atoms with Gasteiger partial charge in [-0.1, -0.05) is 12.2 Å². The van der Waals surface area contributed by atoms with Crippen molar-refractivity contribution in [3.05, 3.63) is 32.4 Å². The predicted octanol–water partition coefficient (Wildman–Crippen LogP) is 4.59. The summed E-state index contributed by atoms with van der Waals surface area (Å²) >= 11 is 5.54. The lowest BCUT2D eigenvalue weighted by atomic mass is 9.92. The minimum absolute atomic E-state index is 0.595. The van der Waals surface area contributed by atoms with Gasteiger partial charge in [-0.3, -0.25) is 0 Å². The molecule has 17 heavy (non-hydrogen) atoms. The number of halogens is 1. The van der Waals surface area contributed by atoms with Crippen LogP contribution in [0.4, 0.5) is 0 Å². The highest BCUT2D eigenvalue weighted by atomic mass is 79.9. The van der Waals surface area contributed by atoms with E-state index in [9.17, 15) is 0 Å².